The van der Waals surface area contributed by atoms with Crippen molar-refractivity contribution in [2.75, 3.05) is 0 Å². The van der Waals surface area contributed by atoms with Crippen LogP contribution in [0.5, 0.6) is 5.75 Å². The number of amides is 1. The summed E-state index contributed by atoms with van der Waals surface area (Å²) in [6, 6.07) is 7.28. The summed E-state index contributed by atoms with van der Waals surface area (Å²) in [6.07, 6.45) is 0. The minimum absolute atomic E-state index is 0.162. The lowest BCUT2D eigenvalue weighted by atomic mass is 10.2. The number of nitrogens with two attached hydrogens (primary N) is 1. The minimum atomic E-state index is -0.471. The predicted molar refractivity (Wildman–Crippen MR) is 81.3 cm³/mol. The number of benzene rings is 1. The zero-order chi connectivity index (χ0) is 14.7. The molecule has 0 fully saturated rings. The van der Waals surface area contributed by atoms with E-state index in [9.17, 15) is 4.79 Å². The molecule has 7 heteroatoms. The number of hydrogen-bond acceptors (Lipinski definition) is 4. The molecule has 5 nitrogen and oxygen atoms in total. The molecule has 0 aliphatic carbocycles. The Balaban J connectivity index is 2.15. The summed E-state index contributed by atoms with van der Waals surface area (Å²) in [7, 11) is 0. The van der Waals surface area contributed by atoms with E-state index in [0.717, 1.165) is 14.5 Å². The molecule has 0 saturated carbocycles. The van der Waals surface area contributed by atoms with Gasteiger partial charge < -0.3 is 9.15 Å². The smallest absolute Gasteiger partial charge is 0.300 e. The van der Waals surface area contributed by atoms with Crippen LogP contribution in [-0.4, -0.2) is 5.91 Å². The molecule has 20 heavy (non-hydrogen) atoms. The van der Waals surface area contributed by atoms with E-state index in [0.29, 0.717) is 11.5 Å². The number of para-hydroxylation sites is 1. The van der Waals surface area contributed by atoms with E-state index < -0.39 is 5.91 Å². The average molecular weight is 404 g/mol. The lowest BCUT2D eigenvalue weighted by Gasteiger charge is -2.09. The first-order valence-electron chi connectivity index (χ1n) is 5.70. The molecule has 0 aliphatic heterocycles. The van der Waals surface area contributed by atoms with Crippen LogP contribution in [0.2, 0.25) is 0 Å². The van der Waals surface area contributed by atoms with E-state index in [2.05, 4.69) is 31.9 Å². The molecule has 2 rings (SSSR count). The van der Waals surface area contributed by atoms with Crippen LogP contribution in [0, 0.1) is 6.92 Å². The Morgan fingerprint density at radius 2 is 2.05 bits per heavy atom. The normalized spacial score (nSPS) is 10.4. The van der Waals surface area contributed by atoms with Gasteiger partial charge in [0.05, 0.1) is 8.95 Å². The van der Waals surface area contributed by atoms with Crippen molar-refractivity contribution in [1.82, 2.24) is 5.43 Å². The molecule has 0 saturated heterocycles. The Kier molecular flexibility index (Phi) is 4.85. The second kappa shape index (κ2) is 6.43. The van der Waals surface area contributed by atoms with Gasteiger partial charge in [-0.1, -0.05) is 6.07 Å². The number of nitrogen functional groups attached to an aromatic ring is 1. The van der Waals surface area contributed by atoms with Gasteiger partial charge in [-0.3, -0.25) is 10.2 Å². The maximum Gasteiger partial charge on any atom is 0.300 e. The van der Waals surface area contributed by atoms with E-state index in [4.69, 9.17) is 15.0 Å². The van der Waals surface area contributed by atoms with Crippen LogP contribution in [0.4, 0.5) is 0 Å². The number of rotatable bonds is 4. The largest absolute Gasteiger partial charge is 0.486 e. The van der Waals surface area contributed by atoms with Crippen LogP contribution in [0.15, 0.2) is 37.6 Å². The van der Waals surface area contributed by atoms with Gasteiger partial charge in [0.1, 0.15) is 18.1 Å². The van der Waals surface area contributed by atoms with Crippen LogP contribution < -0.4 is 16.0 Å². The quantitative estimate of drug-likeness (QED) is 0.466. The average Bonchev–Trinajstić information content (AvgIpc) is 2.79. The first kappa shape index (κ1) is 15.1. The summed E-state index contributed by atoms with van der Waals surface area (Å²) in [6.45, 7) is 2.05. The van der Waals surface area contributed by atoms with Gasteiger partial charge in [-0.25, -0.2) is 5.84 Å². The molecular weight excluding hydrogens is 392 g/mol. The number of hydrogen-bond donors (Lipinski definition) is 2. The van der Waals surface area contributed by atoms with Crippen molar-refractivity contribution in [1.29, 1.82) is 0 Å². The fraction of sp³-hybridized carbons (Fsp3) is 0.154. The lowest BCUT2D eigenvalue weighted by Crippen LogP contribution is -2.29. The zero-order valence-electron chi connectivity index (χ0n) is 10.6. The molecule has 1 amide bonds. The van der Waals surface area contributed by atoms with Crippen LogP contribution in [0.1, 0.15) is 21.9 Å². The van der Waals surface area contributed by atoms with E-state index in [1.807, 2.05) is 23.6 Å². The highest BCUT2D eigenvalue weighted by molar-refractivity contribution is 9.11. The number of ether oxygens (including phenoxy) is 1. The molecule has 0 radical (unpaired) electrons. The second-order valence-electron chi connectivity index (χ2n) is 4.00. The molecule has 106 valence electrons. The van der Waals surface area contributed by atoms with Crippen molar-refractivity contribution in [2.24, 2.45) is 5.84 Å². The molecule has 1 aromatic carbocycles. The first-order valence-corrected chi connectivity index (χ1v) is 7.28. The fourth-order valence-corrected chi connectivity index (χ4v) is 2.84. The summed E-state index contributed by atoms with van der Waals surface area (Å²) in [5.41, 5.74) is 2.81. The summed E-state index contributed by atoms with van der Waals surface area (Å²) < 4.78 is 12.7. The van der Waals surface area contributed by atoms with E-state index >= 15 is 0 Å². The van der Waals surface area contributed by atoms with Crippen LogP contribution in [0.25, 0.3) is 0 Å². The molecule has 0 aliphatic rings. The van der Waals surface area contributed by atoms with Gasteiger partial charge in [-0.2, -0.15) is 0 Å². The third-order valence-corrected chi connectivity index (χ3v) is 3.92. The Labute approximate surface area is 132 Å². The van der Waals surface area contributed by atoms with Crippen LogP contribution in [0.3, 0.4) is 0 Å². The molecule has 0 atom stereocenters. The molecule has 1 aromatic heterocycles. The van der Waals surface area contributed by atoms with E-state index in [1.54, 1.807) is 13.0 Å². The number of furan rings is 1. The second-order valence-corrected chi connectivity index (χ2v) is 5.71. The third-order valence-electron chi connectivity index (χ3n) is 2.67. The van der Waals surface area contributed by atoms with Gasteiger partial charge in [-0.05, 0) is 57.0 Å². The lowest BCUT2D eigenvalue weighted by molar-refractivity contribution is 0.0924. The molecular formula is C13H12Br2N2O3. The van der Waals surface area contributed by atoms with Gasteiger partial charge >= 0.3 is 5.91 Å². The first-order chi connectivity index (χ1) is 9.52. The van der Waals surface area contributed by atoms with Gasteiger partial charge in [0.25, 0.3) is 0 Å². The number of nitrogens with one attached hydrogen (secondary N) is 1. The van der Waals surface area contributed by atoms with Gasteiger partial charge in [-0.15, -0.1) is 0 Å². The Hall–Kier alpha value is -1.31. The topological polar surface area (TPSA) is 77.5 Å². The summed E-state index contributed by atoms with van der Waals surface area (Å²) in [4.78, 5) is 11.4. The number of hydrazine groups is 1. The van der Waals surface area contributed by atoms with Crippen LogP contribution in [-0.2, 0) is 6.61 Å². The van der Waals surface area contributed by atoms with Crippen LogP contribution >= 0.6 is 31.9 Å². The zero-order valence-corrected chi connectivity index (χ0v) is 13.7. The molecule has 1 heterocycles. The maximum atomic E-state index is 11.4. The van der Waals surface area contributed by atoms with Crippen molar-refractivity contribution in [3.05, 3.63) is 50.3 Å². The Bertz CT molecular complexity index is 620. The highest BCUT2D eigenvalue weighted by Gasteiger charge is 2.14. The summed E-state index contributed by atoms with van der Waals surface area (Å²) in [5.74, 6) is 6.07. The third kappa shape index (κ3) is 3.23. The van der Waals surface area contributed by atoms with Crippen molar-refractivity contribution < 1.29 is 13.9 Å². The molecule has 0 unspecified atom stereocenters. The Morgan fingerprint density at radius 1 is 1.40 bits per heavy atom. The van der Waals surface area contributed by atoms with Crippen molar-refractivity contribution >= 4 is 37.8 Å². The van der Waals surface area contributed by atoms with E-state index in [1.165, 1.54) is 0 Å². The number of carbonyl (C=O) groups is 1. The highest BCUT2D eigenvalue weighted by atomic mass is 79.9. The molecule has 0 spiro atoms. The minimum Gasteiger partial charge on any atom is -0.486 e. The number of aryl methyl sites for hydroxylation is 1. The van der Waals surface area contributed by atoms with Gasteiger partial charge in [0, 0.05) is 5.56 Å². The molecule has 0 bridgehead atoms. The van der Waals surface area contributed by atoms with Gasteiger partial charge in [0.15, 0.2) is 5.76 Å². The molecule has 2 aromatic rings. The van der Waals surface area contributed by atoms with Gasteiger partial charge in [0.2, 0.25) is 0 Å². The monoisotopic (exact) mass is 402 g/mol. The highest BCUT2D eigenvalue weighted by Crippen LogP contribution is 2.33. The SMILES string of the molecule is Cc1oc(C(=O)NN)cc1COc1c(Br)cccc1Br. The Morgan fingerprint density at radius 3 is 2.65 bits per heavy atom. The summed E-state index contributed by atoms with van der Waals surface area (Å²) >= 11 is 6.84. The van der Waals surface area contributed by atoms with Crippen molar-refractivity contribution in [3.8, 4) is 5.75 Å². The van der Waals surface area contributed by atoms with Crippen molar-refractivity contribution in [2.45, 2.75) is 13.5 Å². The number of carbonyl (C=O) groups excluding carboxylic acids is 1. The van der Waals surface area contributed by atoms with Crippen molar-refractivity contribution in [3.63, 3.8) is 0 Å². The number of halogens is 2. The summed E-state index contributed by atoms with van der Waals surface area (Å²) in [5, 5.41) is 0. The predicted octanol–water partition coefficient (Wildman–Crippen LogP) is 3.30. The molecule has 3 N–H and O–H groups in total. The standard InChI is InChI=1S/C13H12Br2N2O3/c1-7-8(5-11(20-7)13(18)17-16)6-19-12-9(14)3-2-4-10(12)15/h2-5H,6,16H2,1H3,(H,17,18). The fourth-order valence-electron chi connectivity index (χ4n) is 1.62. The van der Waals surface area contributed by atoms with E-state index in [-0.39, 0.29) is 12.4 Å². The maximum absolute atomic E-state index is 11.4.